The number of terminal acetylenes is 1. The Hall–Kier alpha value is -3.19. The van der Waals surface area contributed by atoms with Gasteiger partial charge in [0.2, 0.25) is 0 Å². The first-order valence-electron chi connectivity index (χ1n) is 9.82. The minimum atomic E-state index is -1.04. The first kappa shape index (κ1) is 21.1. The molecule has 31 heavy (non-hydrogen) atoms. The van der Waals surface area contributed by atoms with Gasteiger partial charge in [0, 0.05) is 31.0 Å². The topological polar surface area (TPSA) is 99.8 Å². The summed E-state index contributed by atoms with van der Waals surface area (Å²) in [7, 11) is 0. The standard InChI is InChI=1S/C22H22N4O4S/c1-3-16-5-7-18(31-16)20(28)25-22(12-23-13-22)21(29)24-15-4-6-17(14(2)10-15)26-8-9-30-11-19(26)27/h1,4-7,10,23H,8-9,11-13H2,2H3,(H,24,29)(H,25,28). The molecule has 0 saturated carbocycles. The minimum absolute atomic E-state index is 0.0697. The molecule has 3 amide bonds. The van der Waals surface area contributed by atoms with Crippen LogP contribution in [0.15, 0.2) is 30.3 Å². The Labute approximate surface area is 184 Å². The summed E-state index contributed by atoms with van der Waals surface area (Å²) in [6.45, 7) is 3.60. The van der Waals surface area contributed by atoms with Crippen molar-refractivity contribution in [2.24, 2.45) is 0 Å². The highest BCUT2D eigenvalue weighted by Gasteiger charge is 2.46. The summed E-state index contributed by atoms with van der Waals surface area (Å²) in [5, 5.41) is 8.79. The van der Waals surface area contributed by atoms with Gasteiger partial charge >= 0.3 is 0 Å². The fourth-order valence-electron chi connectivity index (χ4n) is 3.56. The third-order valence-corrected chi connectivity index (χ3v) is 6.36. The molecular weight excluding hydrogens is 416 g/mol. The summed E-state index contributed by atoms with van der Waals surface area (Å²) in [6, 6.07) is 8.74. The number of carbonyl (C=O) groups is 3. The summed E-state index contributed by atoms with van der Waals surface area (Å²) < 4.78 is 5.18. The maximum absolute atomic E-state index is 13.0. The number of amides is 3. The molecule has 4 rings (SSSR count). The molecule has 8 nitrogen and oxygen atoms in total. The highest BCUT2D eigenvalue weighted by atomic mass is 32.1. The second-order valence-electron chi connectivity index (χ2n) is 7.50. The normalized spacial score (nSPS) is 17.4. The van der Waals surface area contributed by atoms with E-state index >= 15 is 0 Å². The molecule has 9 heteroatoms. The number of nitrogens with one attached hydrogen (secondary N) is 3. The lowest BCUT2D eigenvalue weighted by molar-refractivity contribution is -0.126. The first-order chi connectivity index (χ1) is 14.9. The second-order valence-corrected chi connectivity index (χ2v) is 8.59. The summed E-state index contributed by atoms with van der Waals surface area (Å²) >= 11 is 1.21. The number of benzene rings is 1. The van der Waals surface area contributed by atoms with Crippen LogP contribution in [0.4, 0.5) is 11.4 Å². The van der Waals surface area contributed by atoms with Gasteiger partial charge in [-0.3, -0.25) is 14.4 Å². The molecular formula is C22H22N4O4S. The minimum Gasteiger partial charge on any atom is -0.370 e. The third-order valence-electron chi connectivity index (χ3n) is 5.34. The zero-order chi connectivity index (χ0) is 22.0. The van der Waals surface area contributed by atoms with E-state index in [-0.39, 0.29) is 24.3 Å². The van der Waals surface area contributed by atoms with Crippen LogP contribution in [0.25, 0.3) is 0 Å². The molecule has 3 heterocycles. The van der Waals surface area contributed by atoms with Gasteiger partial charge in [-0.1, -0.05) is 5.92 Å². The predicted octanol–water partition coefficient (Wildman–Crippen LogP) is 1.11. The molecule has 0 spiro atoms. The zero-order valence-corrected chi connectivity index (χ0v) is 17.8. The van der Waals surface area contributed by atoms with Crippen LogP contribution in [0.2, 0.25) is 0 Å². The number of rotatable bonds is 5. The molecule has 0 bridgehead atoms. The van der Waals surface area contributed by atoms with E-state index in [0.29, 0.717) is 41.7 Å². The molecule has 2 saturated heterocycles. The smallest absolute Gasteiger partial charge is 0.262 e. The van der Waals surface area contributed by atoms with E-state index in [1.54, 1.807) is 23.1 Å². The van der Waals surface area contributed by atoms with E-state index in [1.165, 1.54) is 11.3 Å². The number of nitrogens with zero attached hydrogens (tertiary/aromatic N) is 1. The van der Waals surface area contributed by atoms with Crippen molar-refractivity contribution in [3.63, 3.8) is 0 Å². The van der Waals surface area contributed by atoms with Crippen LogP contribution in [0.3, 0.4) is 0 Å². The number of hydrogen-bond acceptors (Lipinski definition) is 6. The molecule has 2 aliphatic heterocycles. The second kappa shape index (κ2) is 8.51. The fraction of sp³-hybridized carbons (Fsp3) is 0.318. The van der Waals surface area contributed by atoms with Crippen molar-refractivity contribution in [1.82, 2.24) is 10.6 Å². The van der Waals surface area contributed by atoms with Gasteiger partial charge in [-0.05, 0) is 42.8 Å². The Kier molecular flexibility index (Phi) is 5.78. The van der Waals surface area contributed by atoms with Crippen LogP contribution in [-0.4, -0.2) is 56.1 Å². The highest BCUT2D eigenvalue weighted by Crippen LogP contribution is 2.26. The number of ether oxygens (including phenoxy) is 1. The summed E-state index contributed by atoms with van der Waals surface area (Å²) in [6.07, 6.45) is 5.37. The Balaban J connectivity index is 1.46. The Morgan fingerprint density at radius 2 is 2.10 bits per heavy atom. The number of carbonyl (C=O) groups excluding carboxylic acids is 3. The maximum atomic E-state index is 13.0. The van der Waals surface area contributed by atoms with Crippen LogP contribution < -0.4 is 20.9 Å². The quantitative estimate of drug-likeness (QED) is 0.608. The molecule has 2 aliphatic rings. The van der Waals surface area contributed by atoms with Crippen molar-refractivity contribution in [1.29, 1.82) is 0 Å². The third kappa shape index (κ3) is 4.18. The van der Waals surface area contributed by atoms with Crippen LogP contribution >= 0.6 is 11.3 Å². The van der Waals surface area contributed by atoms with Crippen molar-refractivity contribution in [2.75, 3.05) is 43.1 Å². The number of thiophene rings is 1. The van der Waals surface area contributed by atoms with E-state index in [4.69, 9.17) is 11.2 Å². The molecule has 1 aromatic heterocycles. The Morgan fingerprint density at radius 3 is 2.71 bits per heavy atom. The van der Waals surface area contributed by atoms with Crippen molar-refractivity contribution < 1.29 is 19.1 Å². The molecule has 2 aromatic rings. The van der Waals surface area contributed by atoms with E-state index in [1.807, 2.05) is 19.1 Å². The zero-order valence-electron chi connectivity index (χ0n) is 17.0. The monoisotopic (exact) mass is 438 g/mol. The maximum Gasteiger partial charge on any atom is 0.262 e. The van der Waals surface area contributed by atoms with Gasteiger partial charge in [-0.2, -0.15) is 0 Å². The molecule has 160 valence electrons. The van der Waals surface area contributed by atoms with Crippen molar-refractivity contribution in [3.8, 4) is 12.3 Å². The Morgan fingerprint density at radius 1 is 1.29 bits per heavy atom. The summed E-state index contributed by atoms with van der Waals surface area (Å²) in [5.41, 5.74) is 1.21. The molecule has 0 radical (unpaired) electrons. The van der Waals surface area contributed by atoms with Gasteiger partial charge in [-0.15, -0.1) is 17.8 Å². The summed E-state index contributed by atoms with van der Waals surface area (Å²) in [5.74, 6) is 1.78. The van der Waals surface area contributed by atoms with E-state index in [2.05, 4.69) is 21.9 Å². The van der Waals surface area contributed by atoms with Gasteiger partial charge in [0.1, 0.15) is 12.1 Å². The molecule has 3 N–H and O–H groups in total. The highest BCUT2D eigenvalue weighted by molar-refractivity contribution is 7.14. The van der Waals surface area contributed by atoms with Crippen LogP contribution in [0, 0.1) is 19.3 Å². The molecule has 0 unspecified atom stereocenters. The SMILES string of the molecule is C#Cc1ccc(C(=O)NC2(C(=O)Nc3ccc(N4CCOCC4=O)c(C)c3)CNC2)s1. The lowest BCUT2D eigenvalue weighted by Crippen LogP contribution is -2.74. The largest absolute Gasteiger partial charge is 0.370 e. The first-order valence-corrected chi connectivity index (χ1v) is 10.6. The van der Waals surface area contributed by atoms with E-state index in [9.17, 15) is 14.4 Å². The fourth-order valence-corrected chi connectivity index (χ4v) is 4.27. The van der Waals surface area contributed by atoms with Crippen LogP contribution in [-0.2, 0) is 14.3 Å². The van der Waals surface area contributed by atoms with Gasteiger partial charge in [0.15, 0.2) is 0 Å². The van der Waals surface area contributed by atoms with E-state index < -0.39 is 5.54 Å². The van der Waals surface area contributed by atoms with Gasteiger partial charge < -0.3 is 25.6 Å². The molecule has 0 atom stereocenters. The number of morpholine rings is 1. The average molecular weight is 439 g/mol. The lowest BCUT2D eigenvalue weighted by atomic mass is 9.90. The van der Waals surface area contributed by atoms with Gasteiger partial charge in [0.25, 0.3) is 17.7 Å². The number of hydrogen-bond donors (Lipinski definition) is 3. The van der Waals surface area contributed by atoms with Crippen molar-refractivity contribution in [3.05, 3.63) is 45.6 Å². The van der Waals surface area contributed by atoms with E-state index in [0.717, 1.165) is 11.3 Å². The van der Waals surface area contributed by atoms with Gasteiger partial charge in [0.05, 0.1) is 16.4 Å². The molecule has 2 fully saturated rings. The number of aryl methyl sites for hydroxylation is 1. The molecule has 0 aliphatic carbocycles. The van der Waals surface area contributed by atoms with Crippen molar-refractivity contribution in [2.45, 2.75) is 12.5 Å². The number of anilines is 2. The van der Waals surface area contributed by atoms with Gasteiger partial charge in [-0.25, -0.2) is 0 Å². The average Bonchev–Trinajstić information content (AvgIpc) is 3.21. The van der Waals surface area contributed by atoms with Crippen LogP contribution in [0.5, 0.6) is 0 Å². The lowest BCUT2D eigenvalue weighted by Gasteiger charge is -2.41. The van der Waals surface area contributed by atoms with Crippen LogP contribution in [0.1, 0.15) is 20.1 Å². The summed E-state index contributed by atoms with van der Waals surface area (Å²) in [4.78, 5) is 40.5. The predicted molar refractivity (Wildman–Crippen MR) is 118 cm³/mol. The Bertz CT molecular complexity index is 1080. The van der Waals surface area contributed by atoms with Crippen molar-refractivity contribution >= 4 is 40.4 Å². The molecule has 1 aromatic carbocycles.